The molecule has 2 atom stereocenters. The van der Waals surface area contributed by atoms with Crippen molar-refractivity contribution in [1.82, 2.24) is 5.32 Å². The second-order valence-electron chi connectivity index (χ2n) is 7.09. The molecule has 1 rings (SSSR count). The molecule has 1 aliphatic rings. The van der Waals surface area contributed by atoms with Gasteiger partial charge in [0, 0.05) is 12.5 Å². The van der Waals surface area contributed by atoms with Crippen LogP contribution in [0.3, 0.4) is 0 Å². The predicted octanol–water partition coefficient (Wildman–Crippen LogP) is 2.98. The zero-order valence-corrected chi connectivity index (χ0v) is 14.2. The third-order valence-corrected chi connectivity index (χ3v) is 4.77. The van der Waals surface area contributed by atoms with Gasteiger partial charge in [-0.1, -0.05) is 12.8 Å². The standard InChI is InChI=1S/C17H31NO4/c1-17(2,16(20)21)10-11-18-14-8-4-6-13(12-14)7-5-9-15(19)22-3/h13-14,18H,4-12H2,1-3H3,(H,20,21). The fourth-order valence-corrected chi connectivity index (χ4v) is 3.07. The highest BCUT2D eigenvalue weighted by Gasteiger charge is 2.27. The van der Waals surface area contributed by atoms with Gasteiger partial charge in [0.25, 0.3) is 0 Å². The molecule has 0 bridgehead atoms. The maximum atomic E-state index is 11.1. The van der Waals surface area contributed by atoms with Gasteiger partial charge in [-0.2, -0.15) is 0 Å². The number of rotatable bonds is 9. The lowest BCUT2D eigenvalue weighted by molar-refractivity contribution is -0.147. The Labute approximate surface area is 133 Å². The third kappa shape index (κ3) is 6.77. The van der Waals surface area contributed by atoms with Crippen molar-refractivity contribution in [2.45, 2.75) is 71.3 Å². The molecule has 1 saturated carbocycles. The summed E-state index contributed by atoms with van der Waals surface area (Å²) in [6.07, 6.45) is 7.88. The summed E-state index contributed by atoms with van der Waals surface area (Å²) in [4.78, 5) is 22.2. The van der Waals surface area contributed by atoms with Crippen molar-refractivity contribution in [1.29, 1.82) is 0 Å². The maximum absolute atomic E-state index is 11.1. The van der Waals surface area contributed by atoms with Gasteiger partial charge in [-0.25, -0.2) is 0 Å². The molecule has 0 amide bonds. The number of hydrogen-bond acceptors (Lipinski definition) is 4. The monoisotopic (exact) mass is 313 g/mol. The summed E-state index contributed by atoms with van der Waals surface area (Å²) in [5.74, 6) is -0.191. The smallest absolute Gasteiger partial charge is 0.309 e. The maximum Gasteiger partial charge on any atom is 0.309 e. The van der Waals surface area contributed by atoms with Gasteiger partial charge >= 0.3 is 11.9 Å². The molecule has 0 heterocycles. The van der Waals surface area contributed by atoms with Gasteiger partial charge in [0.2, 0.25) is 0 Å². The number of methoxy groups -OCH3 is 1. The Kier molecular flexibility index (Phi) is 7.87. The molecule has 22 heavy (non-hydrogen) atoms. The molecule has 1 fully saturated rings. The normalized spacial score (nSPS) is 22.3. The Hall–Kier alpha value is -1.10. The SMILES string of the molecule is COC(=O)CCCC1CCCC(NCCC(C)(C)C(=O)O)C1. The largest absolute Gasteiger partial charge is 0.481 e. The van der Waals surface area contributed by atoms with E-state index in [9.17, 15) is 9.59 Å². The Morgan fingerprint density at radius 1 is 1.32 bits per heavy atom. The lowest BCUT2D eigenvalue weighted by atomic mass is 9.82. The minimum absolute atomic E-state index is 0.124. The summed E-state index contributed by atoms with van der Waals surface area (Å²) in [5.41, 5.74) is -0.665. The fourth-order valence-electron chi connectivity index (χ4n) is 3.07. The molecule has 0 radical (unpaired) electrons. The lowest BCUT2D eigenvalue weighted by Gasteiger charge is -2.31. The number of carbonyl (C=O) groups excluding carboxylic acids is 1. The summed E-state index contributed by atoms with van der Waals surface area (Å²) < 4.78 is 4.67. The van der Waals surface area contributed by atoms with E-state index in [1.54, 1.807) is 13.8 Å². The zero-order chi connectivity index (χ0) is 16.6. The van der Waals surface area contributed by atoms with Gasteiger partial charge in [0.1, 0.15) is 0 Å². The van der Waals surface area contributed by atoms with Crippen LogP contribution in [0.15, 0.2) is 0 Å². The molecule has 0 aromatic carbocycles. The second-order valence-corrected chi connectivity index (χ2v) is 7.09. The Balaban J connectivity index is 2.23. The summed E-state index contributed by atoms with van der Waals surface area (Å²) in [6, 6.07) is 0.487. The zero-order valence-electron chi connectivity index (χ0n) is 14.2. The van der Waals surface area contributed by atoms with Crippen LogP contribution in [0.1, 0.15) is 65.2 Å². The van der Waals surface area contributed by atoms with Gasteiger partial charge in [-0.05, 0) is 58.4 Å². The number of carboxylic acids is 1. The number of carbonyl (C=O) groups is 2. The average Bonchev–Trinajstić information content (AvgIpc) is 2.47. The van der Waals surface area contributed by atoms with E-state index in [-0.39, 0.29) is 5.97 Å². The summed E-state index contributed by atoms with van der Waals surface area (Å²) >= 11 is 0. The topological polar surface area (TPSA) is 75.6 Å². The number of carboxylic acid groups (broad SMARTS) is 1. The van der Waals surface area contributed by atoms with Crippen molar-refractivity contribution in [3.8, 4) is 0 Å². The van der Waals surface area contributed by atoms with Crippen LogP contribution >= 0.6 is 0 Å². The molecular formula is C17H31NO4. The first-order chi connectivity index (χ1) is 10.3. The molecule has 0 spiro atoms. The quantitative estimate of drug-likeness (QED) is 0.640. The average molecular weight is 313 g/mol. The van der Waals surface area contributed by atoms with Gasteiger partial charge in [0.15, 0.2) is 0 Å². The van der Waals surface area contributed by atoms with Crippen molar-refractivity contribution in [2.24, 2.45) is 11.3 Å². The number of hydrogen-bond donors (Lipinski definition) is 2. The molecular weight excluding hydrogens is 282 g/mol. The Morgan fingerprint density at radius 3 is 2.68 bits per heavy atom. The number of ether oxygens (including phenoxy) is 1. The van der Waals surface area contributed by atoms with Gasteiger partial charge < -0.3 is 15.2 Å². The van der Waals surface area contributed by atoms with E-state index in [2.05, 4.69) is 10.1 Å². The van der Waals surface area contributed by atoms with E-state index < -0.39 is 11.4 Å². The minimum atomic E-state index is -0.737. The predicted molar refractivity (Wildman–Crippen MR) is 85.6 cm³/mol. The van der Waals surface area contributed by atoms with Crippen molar-refractivity contribution >= 4 is 11.9 Å². The highest BCUT2D eigenvalue weighted by molar-refractivity contribution is 5.73. The highest BCUT2D eigenvalue weighted by Crippen LogP contribution is 2.29. The van der Waals surface area contributed by atoms with Crippen molar-refractivity contribution in [2.75, 3.05) is 13.7 Å². The van der Waals surface area contributed by atoms with E-state index in [0.717, 1.165) is 25.8 Å². The molecule has 0 saturated heterocycles. The molecule has 2 N–H and O–H groups in total. The van der Waals surface area contributed by atoms with E-state index in [0.29, 0.717) is 24.8 Å². The molecule has 5 heteroatoms. The Morgan fingerprint density at radius 2 is 2.05 bits per heavy atom. The first kappa shape index (κ1) is 18.9. The van der Waals surface area contributed by atoms with Gasteiger partial charge in [0.05, 0.1) is 12.5 Å². The number of aliphatic carboxylic acids is 1. The summed E-state index contributed by atoms with van der Waals surface area (Å²) in [7, 11) is 1.43. The van der Waals surface area contributed by atoms with E-state index >= 15 is 0 Å². The van der Waals surface area contributed by atoms with E-state index in [1.165, 1.54) is 26.4 Å². The first-order valence-corrected chi connectivity index (χ1v) is 8.38. The molecule has 0 aromatic rings. The molecule has 0 aliphatic heterocycles. The first-order valence-electron chi connectivity index (χ1n) is 8.38. The van der Waals surface area contributed by atoms with Gasteiger partial charge in [-0.3, -0.25) is 9.59 Å². The van der Waals surface area contributed by atoms with Crippen molar-refractivity contribution in [3.63, 3.8) is 0 Å². The third-order valence-electron chi connectivity index (χ3n) is 4.77. The highest BCUT2D eigenvalue weighted by atomic mass is 16.5. The van der Waals surface area contributed by atoms with E-state index in [1.807, 2.05) is 0 Å². The molecule has 0 aromatic heterocycles. The molecule has 128 valence electrons. The van der Waals surface area contributed by atoms with Crippen LogP contribution in [0, 0.1) is 11.3 Å². The van der Waals surface area contributed by atoms with Crippen LogP contribution in [0.2, 0.25) is 0 Å². The van der Waals surface area contributed by atoms with Crippen LogP contribution in [0.4, 0.5) is 0 Å². The van der Waals surface area contributed by atoms with Gasteiger partial charge in [-0.15, -0.1) is 0 Å². The molecule has 2 unspecified atom stereocenters. The van der Waals surface area contributed by atoms with Crippen LogP contribution in [-0.2, 0) is 14.3 Å². The molecule has 5 nitrogen and oxygen atoms in total. The van der Waals surface area contributed by atoms with Crippen molar-refractivity contribution in [3.05, 3.63) is 0 Å². The van der Waals surface area contributed by atoms with Crippen LogP contribution < -0.4 is 5.32 Å². The summed E-state index contributed by atoms with van der Waals surface area (Å²) in [6.45, 7) is 4.29. The van der Waals surface area contributed by atoms with Crippen LogP contribution in [0.5, 0.6) is 0 Å². The van der Waals surface area contributed by atoms with Crippen LogP contribution in [0.25, 0.3) is 0 Å². The Bertz CT molecular complexity index is 368. The van der Waals surface area contributed by atoms with E-state index in [4.69, 9.17) is 5.11 Å². The molecule has 1 aliphatic carbocycles. The van der Waals surface area contributed by atoms with Crippen LogP contribution in [-0.4, -0.2) is 36.7 Å². The van der Waals surface area contributed by atoms with Crippen molar-refractivity contribution < 1.29 is 19.4 Å². The second kappa shape index (κ2) is 9.13. The lowest BCUT2D eigenvalue weighted by Crippen LogP contribution is -2.37. The number of nitrogens with one attached hydrogen (secondary N) is 1. The number of esters is 1. The summed E-state index contributed by atoms with van der Waals surface area (Å²) in [5, 5.41) is 12.6. The fraction of sp³-hybridized carbons (Fsp3) is 0.882. The minimum Gasteiger partial charge on any atom is -0.481 e.